The Balaban J connectivity index is 1.46. The van der Waals surface area contributed by atoms with E-state index in [1.807, 2.05) is 42.5 Å². The fourth-order valence-corrected chi connectivity index (χ4v) is 5.03. The Hall–Kier alpha value is -3.94. The van der Waals surface area contributed by atoms with Crippen molar-refractivity contribution in [2.45, 2.75) is 26.0 Å². The summed E-state index contributed by atoms with van der Waals surface area (Å²) in [4.78, 5) is 12.6. The third-order valence-electron chi connectivity index (χ3n) is 7.32. The van der Waals surface area contributed by atoms with Crippen molar-refractivity contribution in [2.75, 3.05) is 37.7 Å². The van der Waals surface area contributed by atoms with Crippen molar-refractivity contribution in [3.8, 4) is 17.1 Å². The van der Waals surface area contributed by atoms with Gasteiger partial charge in [0.2, 0.25) is 0 Å². The molecule has 0 aliphatic carbocycles. The Morgan fingerprint density at radius 1 is 0.921 bits per heavy atom. The third kappa shape index (κ3) is 4.59. The van der Waals surface area contributed by atoms with Crippen molar-refractivity contribution in [3.05, 3.63) is 84.6 Å². The van der Waals surface area contributed by atoms with Gasteiger partial charge in [-0.05, 0) is 49.7 Å². The van der Waals surface area contributed by atoms with E-state index < -0.39 is 0 Å². The Morgan fingerprint density at radius 2 is 1.74 bits per heavy atom. The molecule has 0 amide bonds. The van der Waals surface area contributed by atoms with E-state index in [4.69, 9.17) is 25.2 Å². The minimum atomic E-state index is -0.206. The quantitative estimate of drug-likeness (QED) is 0.320. The summed E-state index contributed by atoms with van der Waals surface area (Å²) in [5.74, 6) is 2.41. The van der Waals surface area contributed by atoms with E-state index in [2.05, 4.69) is 59.8 Å². The number of ether oxygens (including phenoxy) is 2. The molecule has 2 N–H and O–H groups in total. The normalized spacial score (nSPS) is 14.3. The van der Waals surface area contributed by atoms with Gasteiger partial charge in [0.25, 0.3) is 0 Å². The van der Waals surface area contributed by atoms with Gasteiger partial charge in [0.1, 0.15) is 18.2 Å². The molecule has 0 spiro atoms. The largest absolute Gasteiger partial charge is 0.489 e. The highest BCUT2D eigenvalue weighted by atomic mass is 16.5. The van der Waals surface area contributed by atoms with Gasteiger partial charge in [-0.2, -0.15) is 0 Å². The second-order valence-corrected chi connectivity index (χ2v) is 10.4. The minimum Gasteiger partial charge on any atom is -0.489 e. The predicted molar refractivity (Wildman–Crippen MR) is 153 cm³/mol. The summed E-state index contributed by atoms with van der Waals surface area (Å²) in [6, 6.07) is 24.7. The minimum absolute atomic E-state index is 0.206. The smallest absolute Gasteiger partial charge is 0.162 e. The Bertz CT molecular complexity index is 1570. The second-order valence-electron chi connectivity index (χ2n) is 10.4. The molecule has 1 aliphatic heterocycles. The van der Waals surface area contributed by atoms with Crippen molar-refractivity contribution >= 4 is 27.6 Å². The Labute approximate surface area is 222 Å². The monoisotopic (exact) mass is 507 g/mol. The highest BCUT2D eigenvalue weighted by molar-refractivity contribution is 6.08. The first kappa shape index (κ1) is 24.4. The maximum Gasteiger partial charge on any atom is 0.162 e. The van der Waals surface area contributed by atoms with Crippen LogP contribution in [0.25, 0.3) is 33.2 Å². The molecule has 194 valence electrons. The zero-order valence-corrected chi connectivity index (χ0v) is 21.9. The van der Waals surface area contributed by atoms with Crippen LogP contribution in [-0.2, 0) is 16.9 Å². The van der Waals surface area contributed by atoms with Crippen LogP contribution in [0.1, 0.15) is 19.4 Å². The van der Waals surface area contributed by atoms with Crippen LogP contribution < -0.4 is 15.4 Å². The summed E-state index contributed by atoms with van der Waals surface area (Å²) < 4.78 is 14.0. The molecule has 3 heterocycles. The van der Waals surface area contributed by atoms with Crippen LogP contribution in [0, 0.1) is 0 Å². The van der Waals surface area contributed by atoms with Gasteiger partial charge in [0, 0.05) is 42.2 Å². The van der Waals surface area contributed by atoms with Gasteiger partial charge in [-0.3, -0.25) is 0 Å². The molecular weight excluding hydrogens is 474 g/mol. The van der Waals surface area contributed by atoms with Crippen molar-refractivity contribution < 1.29 is 9.47 Å². The lowest BCUT2D eigenvalue weighted by atomic mass is 10.1. The molecule has 1 fully saturated rings. The lowest BCUT2D eigenvalue weighted by molar-refractivity contribution is 0.122. The highest BCUT2D eigenvalue weighted by Gasteiger charge is 2.23. The first-order valence-corrected chi connectivity index (χ1v) is 13.2. The molecule has 1 aliphatic rings. The lowest BCUT2D eigenvalue weighted by Gasteiger charge is -2.29. The van der Waals surface area contributed by atoms with Crippen LogP contribution >= 0.6 is 0 Å². The number of rotatable bonds is 7. The molecule has 7 nitrogen and oxygen atoms in total. The van der Waals surface area contributed by atoms with Crippen LogP contribution in [-0.4, -0.2) is 47.4 Å². The summed E-state index contributed by atoms with van der Waals surface area (Å²) in [5, 5.41) is 2.14. The molecule has 0 saturated carbocycles. The molecule has 7 heteroatoms. The standard InChI is InChI=1S/C31H33N5O2/c1-31(2,21-32)36-14-13-25-27(36)12-11-26-28(25)33-29(34-30(26)35-15-17-37-18-16-35)23-9-6-10-24(19-23)38-20-22-7-4-3-5-8-22/h3-14,19H,15-18,20-21,32H2,1-2H3. The molecule has 38 heavy (non-hydrogen) atoms. The molecule has 0 bridgehead atoms. The van der Waals surface area contributed by atoms with Crippen LogP contribution in [0.5, 0.6) is 5.75 Å². The van der Waals surface area contributed by atoms with Crippen LogP contribution in [0.2, 0.25) is 0 Å². The molecule has 0 atom stereocenters. The van der Waals surface area contributed by atoms with Crippen LogP contribution in [0.15, 0.2) is 79.0 Å². The van der Waals surface area contributed by atoms with E-state index in [-0.39, 0.29) is 5.54 Å². The van der Waals surface area contributed by atoms with Crippen LogP contribution in [0.4, 0.5) is 5.82 Å². The number of anilines is 1. The maximum absolute atomic E-state index is 6.12. The maximum atomic E-state index is 6.12. The second kappa shape index (κ2) is 10.1. The van der Waals surface area contributed by atoms with Crippen molar-refractivity contribution in [1.82, 2.24) is 14.5 Å². The number of morpholine rings is 1. The molecule has 3 aromatic carbocycles. The molecule has 1 saturated heterocycles. The highest BCUT2D eigenvalue weighted by Crippen LogP contribution is 2.35. The van der Waals surface area contributed by atoms with Crippen molar-refractivity contribution in [3.63, 3.8) is 0 Å². The number of fused-ring (bicyclic) bond motifs is 3. The van der Waals surface area contributed by atoms with E-state index in [0.29, 0.717) is 32.2 Å². The van der Waals surface area contributed by atoms with Crippen LogP contribution in [0.3, 0.4) is 0 Å². The predicted octanol–water partition coefficient (Wildman–Crippen LogP) is 5.36. The molecule has 2 aromatic heterocycles. The molecular formula is C31H33N5O2. The molecule has 0 radical (unpaired) electrons. The fraction of sp³-hybridized carbons (Fsp3) is 0.290. The van der Waals surface area contributed by atoms with E-state index >= 15 is 0 Å². The van der Waals surface area contributed by atoms with Crippen molar-refractivity contribution in [2.24, 2.45) is 5.73 Å². The lowest BCUT2D eigenvalue weighted by Crippen LogP contribution is -2.37. The summed E-state index contributed by atoms with van der Waals surface area (Å²) in [7, 11) is 0. The van der Waals surface area contributed by atoms with Gasteiger partial charge in [0.15, 0.2) is 5.82 Å². The molecule has 5 aromatic rings. The first-order chi connectivity index (χ1) is 18.5. The molecule has 6 rings (SSSR count). The number of hydrogen-bond acceptors (Lipinski definition) is 6. The zero-order chi connectivity index (χ0) is 26.1. The number of nitrogens with two attached hydrogens (primary N) is 1. The Morgan fingerprint density at radius 3 is 2.53 bits per heavy atom. The topological polar surface area (TPSA) is 78.4 Å². The van der Waals surface area contributed by atoms with E-state index in [1.54, 1.807) is 0 Å². The zero-order valence-electron chi connectivity index (χ0n) is 21.9. The SMILES string of the molecule is CC(C)(CN)n1ccc2c3nc(-c4cccc(OCc5ccccc5)c4)nc(N4CCOCC4)c3ccc21. The van der Waals surface area contributed by atoms with Gasteiger partial charge >= 0.3 is 0 Å². The fourth-order valence-electron chi connectivity index (χ4n) is 5.03. The van der Waals surface area contributed by atoms with Gasteiger partial charge in [-0.1, -0.05) is 42.5 Å². The van der Waals surface area contributed by atoms with Gasteiger partial charge < -0.3 is 24.7 Å². The first-order valence-electron chi connectivity index (χ1n) is 13.2. The molecule has 0 unspecified atom stereocenters. The average Bonchev–Trinajstić information content (AvgIpc) is 3.42. The van der Waals surface area contributed by atoms with E-state index in [1.165, 1.54) is 0 Å². The van der Waals surface area contributed by atoms with Crippen molar-refractivity contribution in [1.29, 1.82) is 0 Å². The summed E-state index contributed by atoms with van der Waals surface area (Å²) in [6.07, 6.45) is 2.12. The van der Waals surface area contributed by atoms with Gasteiger partial charge in [-0.25, -0.2) is 9.97 Å². The van der Waals surface area contributed by atoms with Gasteiger partial charge in [-0.15, -0.1) is 0 Å². The number of hydrogen-bond donors (Lipinski definition) is 1. The van der Waals surface area contributed by atoms with Gasteiger partial charge in [0.05, 0.1) is 29.8 Å². The average molecular weight is 508 g/mol. The van der Waals surface area contributed by atoms with E-state index in [9.17, 15) is 0 Å². The number of benzene rings is 3. The third-order valence-corrected chi connectivity index (χ3v) is 7.32. The summed E-state index contributed by atoms with van der Waals surface area (Å²) >= 11 is 0. The summed E-state index contributed by atoms with van der Waals surface area (Å²) in [6.45, 7) is 8.33. The summed E-state index contributed by atoms with van der Waals surface area (Å²) in [5.41, 5.74) is 10.0. The van der Waals surface area contributed by atoms with E-state index in [0.717, 1.165) is 57.6 Å². The Kier molecular flexibility index (Phi) is 6.47. The number of aromatic nitrogens is 3. The number of nitrogens with zero attached hydrogens (tertiary/aromatic N) is 4.